The summed E-state index contributed by atoms with van der Waals surface area (Å²) in [5.41, 5.74) is 2.85. The summed E-state index contributed by atoms with van der Waals surface area (Å²) < 4.78 is 28.5. The highest BCUT2D eigenvalue weighted by molar-refractivity contribution is 6.31. The third-order valence-corrected chi connectivity index (χ3v) is 11.1. The maximum atomic E-state index is 14.1. The number of methoxy groups -OCH3 is 1. The van der Waals surface area contributed by atoms with Crippen molar-refractivity contribution in [2.45, 2.75) is 94.3 Å². The van der Waals surface area contributed by atoms with Crippen LogP contribution < -0.4 is 15.8 Å². The number of benzene rings is 3. The number of nitrogens with two attached hydrogens (primary N) is 1. The Labute approximate surface area is 333 Å². The first-order chi connectivity index (χ1) is 27.8. The van der Waals surface area contributed by atoms with E-state index in [2.05, 4.69) is 5.32 Å². The molecule has 2 saturated heterocycles. The minimum atomic E-state index is -1.91. The molecule has 1 amide bonds. The SMILES string of the molecule is COc1cc(O)c2c(c1)C(=O)c1c(cc3c(c1O)-c1c(cc(C)c(C(=O)N[C@H](C)C(=O)O)c1O)[C@H](O[C@@H]1O[C@H](C)[C@H](N)[C@H](O[C@@H]4OC[C@@H](O)[C@H](O)[C@@H]4O)[C@H]1O)[C@H]3O)C2=O. The molecular formula is C39H42N2O18. The Bertz CT molecular complexity index is 2260. The van der Waals surface area contributed by atoms with Gasteiger partial charge in [-0.3, -0.25) is 19.2 Å². The van der Waals surface area contributed by atoms with Crippen molar-refractivity contribution >= 4 is 23.4 Å². The third-order valence-electron chi connectivity index (χ3n) is 11.1. The number of hydrogen-bond donors (Lipinski definition) is 11. The average Bonchev–Trinajstić information content (AvgIpc) is 3.18. The summed E-state index contributed by atoms with van der Waals surface area (Å²) >= 11 is 0. The second-order valence-corrected chi connectivity index (χ2v) is 14.9. The molecule has 20 heteroatoms. The Morgan fingerprint density at radius 2 is 1.49 bits per heavy atom. The Morgan fingerprint density at radius 3 is 2.15 bits per heavy atom. The van der Waals surface area contributed by atoms with Crippen molar-refractivity contribution in [3.63, 3.8) is 0 Å². The number of ketones is 2. The fraction of sp³-hybridized carbons (Fsp3) is 0.436. The maximum absolute atomic E-state index is 14.1. The van der Waals surface area contributed by atoms with E-state index in [-0.39, 0.29) is 33.6 Å². The number of ether oxygens (including phenoxy) is 5. The minimum Gasteiger partial charge on any atom is -0.507 e. The highest BCUT2D eigenvalue weighted by Crippen LogP contribution is 2.57. The zero-order valence-corrected chi connectivity index (χ0v) is 31.7. The van der Waals surface area contributed by atoms with Gasteiger partial charge in [-0.15, -0.1) is 0 Å². The molecule has 2 heterocycles. The Balaban J connectivity index is 1.36. The Morgan fingerprint density at radius 1 is 0.847 bits per heavy atom. The topological polar surface area (TPSA) is 335 Å². The minimum absolute atomic E-state index is 0.0114. The summed E-state index contributed by atoms with van der Waals surface area (Å²) in [5.74, 6) is -6.69. The average molecular weight is 827 g/mol. The molecule has 2 fully saturated rings. The smallest absolute Gasteiger partial charge is 0.325 e. The number of carbonyl (C=O) groups excluding carboxylic acids is 3. The molecule has 7 rings (SSSR count). The van der Waals surface area contributed by atoms with Gasteiger partial charge in [0.2, 0.25) is 0 Å². The molecule has 316 valence electrons. The number of aliphatic hydroxyl groups excluding tert-OH is 5. The van der Waals surface area contributed by atoms with E-state index in [1.807, 2.05) is 0 Å². The van der Waals surface area contributed by atoms with Crippen LogP contribution in [0.3, 0.4) is 0 Å². The standard InChI is InChI=1S/C39H42N2O18/c1-10-5-17-23(30(48)20(10)36(52)41-11(2)37(53)54)22-15(8-16-24(31(22)49)27(45)14-6-13(55-4)7-18(42)21(14)26(16)44)28(46)34(17)58-39-33(51)35(25(40)12(3)57-39)59-38-32(50)29(47)19(43)9-56-38/h5-8,11-12,19,25,28-29,32-35,38-39,42-43,46-51H,9,40H2,1-4H3,(H,41,52)(H,53,54)/t11-,12-,19-,25+,28+,29+,32+,33-,34+,35+,38+,39+/m1/s1. The molecule has 0 unspecified atom stereocenters. The number of aryl methyl sites for hydroxylation is 1. The highest BCUT2D eigenvalue weighted by atomic mass is 16.7. The molecule has 0 saturated carbocycles. The van der Waals surface area contributed by atoms with Crippen LogP contribution in [0.25, 0.3) is 11.1 Å². The molecular weight excluding hydrogens is 784 g/mol. The van der Waals surface area contributed by atoms with E-state index in [4.69, 9.17) is 29.4 Å². The first-order valence-corrected chi connectivity index (χ1v) is 18.3. The summed E-state index contributed by atoms with van der Waals surface area (Å²) in [6, 6.07) is 2.09. The van der Waals surface area contributed by atoms with Crippen molar-refractivity contribution in [3.8, 4) is 34.1 Å². The van der Waals surface area contributed by atoms with Crippen molar-refractivity contribution in [1.29, 1.82) is 0 Å². The van der Waals surface area contributed by atoms with Crippen LogP contribution in [0.1, 0.15) is 84.9 Å². The van der Waals surface area contributed by atoms with E-state index in [0.29, 0.717) is 0 Å². The molecule has 3 aromatic rings. The van der Waals surface area contributed by atoms with Crippen LogP contribution in [-0.4, -0.2) is 144 Å². The van der Waals surface area contributed by atoms with Crippen LogP contribution in [0.4, 0.5) is 0 Å². The molecule has 3 aromatic carbocycles. The molecule has 2 aliphatic heterocycles. The predicted octanol–water partition coefficient (Wildman–Crippen LogP) is -0.872. The van der Waals surface area contributed by atoms with Gasteiger partial charge in [0, 0.05) is 28.3 Å². The van der Waals surface area contributed by atoms with Crippen molar-refractivity contribution < 1.29 is 88.8 Å². The van der Waals surface area contributed by atoms with E-state index in [0.717, 1.165) is 12.1 Å². The number of rotatable bonds is 8. The summed E-state index contributed by atoms with van der Waals surface area (Å²) in [5, 5.41) is 101. The second kappa shape index (κ2) is 15.4. The lowest BCUT2D eigenvalue weighted by molar-refractivity contribution is -0.337. The first kappa shape index (κ1) is 41.9. The van der Waals surface area contributed by atoms with E-state index in [1.165, 1.54) is 40.0 Å². The molecule has 0 bridgehead atoms. The monoisotopic (exact) mass is 826 g/mol. The highest BCUT2D eigenvalue weighted by Gasteiger charge is 2.51. The Kier molecular flexibility index (Phi) is 10.9. The third kappa shape index (κ3) is 6.76. The fourth-order valence-corrected chi connectivity index (χ4v) is 7.93. The summed E-state index contributed by atoms with van der Waals surface area (Å²) in [6.07, 6.45) is -16.0. The van der Waals surface area contributed by atoms with Gasteiger partial charge in [-0.1, -0.05) is 6.07 Å². The normalized spacial score (nSPS) is 30.4. The van der Waals surface area contributed by atoms with Crippen molar-refractivity contribution in [3.05, 3.63) is 68.8 Å². The molecule has 12 atom stereocenters. The molecule has 2 aliphatic carbocycles. The number of amides is 1. The van der Waals surface area contributed by atoms with Crippen LogP contribution in [0.15, 0.2) is 24.3 Å². The molecule has 0 spiro atoms. The van der Waals surface area contributed by atoms with Crippen molar-refractivity contribution in [1.82, 2.24) is 5.32 Å². The van der Waals surface area contributed by atoms with E-state index < -0.39 is 149 Å². The number of aromatic hydroxyl groups is 3. The van der Waals surface area contributed by atoms with E-state index in [9.17, 15) is 65.1 Å². The van der Waals surface area contributed by atoms with Crippen LogP contribution in [0.5, 0.6) is 23.0 Å². The van der Waals surface area contributed by atoms with Gasteiger partial charge in [-0.25, -0.2) is 0 Å². The fourth-order valence-electron chi connectivity index (χ4n) is 7.93. The number of aliphatic hydroxyl groups is 5. The lowest BCUT2D eigenvalue weighted by atomic mass is 9.74. The van der Waals surface area contributed by atoms with Crippen molar-refractivity contribution in [2.24, 2.45) is 5.73 Å². The first-order valence-electron chi connectivity index (χ1n) is 18.3. The van der Waals surface area contributed by atoms with Crippen LogP contribution >= 0.6 is 0 Å². The van der Waals surface area contributed by atoms with Gasteiger partial charge >= 0.3 is 5.97 Å². The maximum Gasteiger partial charge on any atom is 0.325 e. The van der Waals surface area contributed by atoms with Crippen molar-refractivity contribution in [2.75, 3.05) is 13.7 Å². The number of nitrogens with one attached hydrogen (secondary N) is 1. The lowest BCUT2D eigenvalue weighted by Gasteiger charge is -2.46. The van der Waals surface area contributed by atoms with Gasteiger partial charge in [0.25, 0.3) is 5.91 Å². The van der Waals surface area contributed by atoms with E-state index >= 15 is 0 Å². The number of phenols is 3. The summed E-state index contributed by atoms with van der Waals surface area (Å²) in [6.45, 7) is 3.62. The Hall–Kier alpha value is -5.26. The van der Waals surface area contributed by atoms with Gasteiger partial charge in [-0.2, -0.15) is 0 Å². The van der Waals surface area contributed by atoms with Crippen LogP contribution in [0, 0.1) is 6.92 Å². The van der Waals surface area contributed by atoms with Gasteiger partial charge in [0.15, 0.2) is 24.1 Å². The predicted molar refractivity (Wildman–Crippen MR) is 196 cm³/mol. The number of carboxylic acid groups (broad SMARTS) is 1. The number of fused-ring (bicyclic) bond motifs is 5. The van der Waals surface area contributed by atoms with Gasteiger partial charge in [0.05, 0.1) is 42.6 Å². The zero-order chi connectivity index (χ0) is 43.1. The van der Waals surface area contributed by atoms with Crippen LogP contribution in [-0.2, 0) is 23.7 Å². The summed E-state index contributed by atoms with van der Waals surface area (Å²) in [7, 11) is 1.26. The lowest BCUT2D eigenvalue weighted by Crippen LogP contribution is -2.64. The second-order valence-electron chi connectivity index (χ2n) is 14.9. The molecule has 4 aliphatic rings. The molecule has 0 radical (unpaired) electrons. The molecule has 0 aromatic heterocycles. The quantitative estimate of drug-likeness (QED) is 0.103. The molecule has 59 heavy (non-hydrogen) atoms. The van der Waals surface area contributed by atoms with Gasteiger partial charge < -0.3 is 80.7 Å². The number of phenolic OH excluding ortho intramolecular Hbond substituents is 3. The zero-order valence-electron chi connectivity index (χ0n) is 31.7. The van der Waals surface area contributed by atoms with Gasteiger partial charge in [-0.05, 0) is 49.6 Å². The molecule has 20 nitrogen and oxygen atoms in total. The van der Waals surface area contributed by atoms with Gasteiger partial charge in [0.1, 0.15) is 71.8 Å². The van der Waals surface area contributed by atoms with E-state index in [1.54, 1.807) is 0 Å². The molecule has 12 N–H and O–H groups in total. The van der Waals surface area contributed by atoms with Crippen LogP contribution in [0.2, 0.25) is 0 Å². The number of carbonyl (C=O) groups is 4. The largest absolute Gasteiger partial charge is 0.507 e. The number of aliphatic carboxylic acids is 1. The summed E-state index contributed by atoms with van der Waals surface area (Å²) in [4.78, 5) is 53.2. The number of carboxylic acids is 1. The number of hydrogen-bond acceptors (Lipinski definition) is 18.